The van der Waals surface area contributed by atoms with Crippen LogP contribution >= 0.6 is 0 Å². The number of rotatable bonds is 6. The number of aromatic nitrogens is 2. The van der Waals surface area contributed by atoms with E-state index in [0.717, 1.165) is 22.3 Å². The minimum Gasteiger partial charge on any atom is -0.492 e. The summed E-state index contributed by atoms with van der Waals surface area (Å²) >= 11 is 0. The molecular formula is C27H33N5O4. The Bertz CT molecular complexity index is 1260. The highest BCUT2D eigenvalue weighted by atomic mass is 16.6. The zero-order valence-electron chi connectivity index (χ0n) is 21.2. The van der Waals surface area contributed by atoms with Crippen molar-refractivity contribution in [3.05, 3.63) is 48.3 Å². The predicted octanol–water partition coefficient (Wildman–Crippen LogP) is 4.13. The van der Waals surface area contributed by atoms with Gasteiger partial charge in [-0.25, -0.2) is 9.31 Å². The molecule has 4 rings (SSSR count). The molecule has 0 atom stereocenters. The van der Waals surface area contributed by atoms with Crippen molar-refractivity contribution in [1.29, 1.82) is 5.26 Å². The van der Waals surface area contributed by atoms with Gasteiger partial charge >= 0.3 is 6.09 Å². The Balaban J connectivity index is 1.51. The molecule has 3 aromatic rings. The lowest BCUT2D eigenvalue weighted by molar-refractivity contribution is 0.0364. The van der Waals surface area contributed by atoms with Gasteiger partial charge in [-0.15, -0.1) is 0 Å². The third kappa shape index (κ3) is 5.39. The number of benzene rings is 1. The van der Waals surface area contributed by atoms with Gasteiger partial charge in [0.2, 0.25) is 0 Å². The summed E-state index contributed by atoms with van der Waals surface area (Å²) in [6, 6.07) is 12.3. The Kier molecular flexibility index (Phi) is 7.09. The number of ether oxygens (including phenoxy) is 2. The number of carbonyl (C=O) groups is 1. The smallest absolute Gasteiger partial charge is 0.408 e. The fraction of sp³-hybridized carbons (Fsp3) is 0.444. The minimum atomic E-state index is -0.695. The molecule has 1 saturated heterocycles. The van der Waals surface area contributed by atoms with Crippen LogP contribution in [0, 0.1) is 11.3 Å². The molecule has 9 heteroatoms. The monoisotopic (exact) mass is 491 g/mol. The van der Waals surface area contributed by atoms with Crippen molar-refractivity contribution in [3.63, 3.8) is 0 Å². The van der Waals surface area contributed by atoms with E-state index in [1.54, 1.807) is 16.9 Å². The maximum absolute atomic E-state index is 12.3. The summed E-state index contributed by atoms with van der Waals surface area (Å²) in [6.45, 7) is 9.13. The van der Waals surface area contributed by atoms with Crippen LogP contribution < -0.4 is 15.0 Å². The summed E-state index contributed by atoms with van der Waals surface area (Å²) < 4.78 is 12.8. The molecule has 0 saturated carbocycles. The van der Waals surface area contributed by atoms with Crippen molar-refractivity contribution in [2.24, 2.45) is 0 Å². The number of alkyl carbamates (subject to hydrolysis) is 1. The molecule has 1 aromatic carbocycles. The number of nitriles is 1. The molecule has 1 amide bonds. The fourth-order valence-corrected chi connectivity index (χ4v) is 4.53. The number of nitrogens with zero attached hydrogens (tertiary/aromatic N) is 4. The van der Waals surface area contributed by atoms with Gasteiger partial charge in [0.1, 0.15) is 17.4 Å². The lowest BCUT2D eigenvalue weighted by Crippen LogP contribution is -2.58. The number of aliphatic hydroxyl groups is 1. The fourth-order valence-electron chi connectivity index (χ4n) is 4.53. The van der Waals surface area contributed by atoms with Crippen LogP contribution in [0.3, 0.4) is 0 Å². The number of pyridine rings is 1. The van der Waals surface area contributed by atoms with Crippen LogP contribution in [0.4, 0.5) is 10.5 Å². The number of amides is 1. The molecule has 36 heavy (non-hydrogen) atoms. The van der Waals surface area contributed by atoms with Gasteiger partial charge in [-0.1, -0.05) is 12.1 Å². The topological polar surface area (TPSA) is 112 Å². The molecule has 9 nitrogen and oxygen atoms in total. The van der Waals surface area contributed by atoms with Gasteiger partial charge in [0.05, 0.1) is 42.2 Å². The lowest BCUT2D eigenvalue weighted by Gasteiger charge is -2.42. The highest BCUT2D eigenvalue weighted by Gasteiger charge is 2.37. The van der Waals surface area contributed by atoms with E-state index in [-0.39, 0.29) is 6.61 Å². The van der Waals surface area contributed by atoms with Gasteiger partial charge in [0, 0.05) is 24.3 Å². The summed E-state index contributed by atoms with van der Waals surface area (Å²) in [5, 5.41) is 26.8. The van der Waals surface area contributed by atoms with Crippen LogP contribution in [-0.2, 0) is 4.74 Å². The highest BCUT2D eigenvalue weighted by Crippen LogP contribution is 2.33. The van der Waals surface area contributed by atoms with Crippen molar-refractivity contribution in [1.82, 2.24) is 14.9 Å². The van der Waals surface area contributed by atoms with Gasteiger partial charge in [-0.3, -0.25) is 0 Å². The minimum absolute atomic E-state index is 0.141. The van der Waals surface area contributed by atoms with Gasteiger partial charge in [-0.2, -0.15) is 10.4 Å². The average Bonchev–Trinajstić information content (AvgIpc) is 3.26. The molecule has 0 radical (unpaired) electrons. The third-order valence-electron chi connectivity index (χ3n) is 6.35. The second-order valence-corrected chi connectivity index (χ2v) is 10.1. The van der Waals surface area contributed by atoms with Crippen molar-refractivity contribution in [2.45, 2.75) is 51.7 Å². The zero-order valence-corrected chi connectivity index (χ0v) is 21.2. The van der Waals surface area contributed by atoms with Gasteiger partial charge in [0.25, 0.3) is 0 Å². The Morgan fingerprint density at radius 3 is 2.53 bits per heavy atom. The Morgan fingerprint density at radius 1 is 1.25 bits per heavy atom. The normalized spacial score (nSPS) is 15.4. The summed E-state index contributed by atoms with van der Waals surface area (Å²) in [7, 11) is 0. The van der Waals surface area contributed by atoms with Crippen LogP contribution in [-0.4, -0.2) is 58.3 Å². The number of piperidine rings is 1. The van der Waals surface area contributed by atoms with E-state index in [0.29, 0.717) is 43.9 Å². The number of hydrogen-bond acceptors (Lipinski definition) is 7. The molecule has 3 heterocycles. The molecule has 1 aliphatic rings. The van der Waals surface area contributed by atoms with Crippen molar-refractivity contribution < 1.29 is 19.4 Å². The SMILES string of the molecule is CCOc1cc(-c2ccc(N3CCC(CO)(NC(=O)OC(C)(C)C)CC3)cc2)c2c(C#N)cnn2c1. The van der Waals surface area contributed by atoms with Crippen LogP contribution in [0.1, 0.15) is 46.1 Å². The van der Waals surface area contributed by atoms with E-state index in [1.807, 2.05) is 45.9 Å². The van der Waals surface area contributed by atoms with E-state index >= 15 is 0 Å². The first kappa shape index (κ1) is 25.3. The van der Waals surface area contributed by atoms with E-state index < -0.39 is 17.2 Å². The standard InChI is InChI=1S/C27H33N5O4/c1-5-35-22-14-23(24-20(15-28)16-29-32(24)17-22)19-6-8-21(9-7-19)31-12-10-27(18-33,11-13-31)30-25(34)36-26(2,3)4/h6-9,14,16-17,33H,5,10-13,18H2,1-4H3,(H,30,34). The summed E-state index contributed by atoms with van der Waals surface area (Å²) in [4.78, 5) is 14.5. The van der Waals surface area contributed by atoms with E-state index in [1.165, 1.54) is 0 Å². The highest BCUT2D eigenvalue weighted by molar-refractivity contribution is 5.85. The maximum Gasteiger partial charge on any atom is 0.408 e. The molecular weight excluding hydrogens is 458 g/mol. The number of nitrogens with one attached hydrogen (secondary N) is 1. The van der Waals surface area contributed by atoms with Crippen molar-refractivity contribution >= 4 is 17.3 Å². The molecule has 1 aliphatic heterocycles. The number of fused-ring (bicyclic) bond motifs is 1. The predicted molar refractivity (Wildman–Crippen MR) is 137 cm³/mol. The molecule has 0 spiro atoms. The van der Waals surface area contributed by atoms with Crippen molar-refractivity contribution in [3.8, 4) is 22.9 Å². The van der Waals surface area contributed by atoms with Crippen LogP contribution in [0.5, 0.6) is 5.75 Å². The Labute approximate surface area is 211 Å². The number of aliphatic hydroxyl groups excluding tert-OH is 1. The molecule has 1 fully saturated rings. The van der Waals surface area contributed by atoms with Crippen LogP contribution in [0.15, 0.2) is 42.7 Å². The first-order chi connectivity index (χ1) is 17.2. The first-order valence-electron chi connectivity index (χ1n) is 12.2. The van der Waals surface area contributed by atoms with E-state index in [2.05, 4.69) is 33.5 Å². The first-order valence-corrected chi connectivity index (χ1v) is 12.2. The number of carbonyl (C=O) groups excluding carboxylic acids is 1. The summed E-state index contributed by atoms with van der Waals surface area (Å²) in [6.07, 6.45) is 4.04. The maximum atomic E-state index is 12.3. The second-order valence-electron chi connectivity index (χ2n) is 10.1. The Morgan fingerprint density at radius 2 is 1.94 bits per heavy atom. The zero-order chi connectivity index (χ0) is 25.9. The molecule has 2 aromatic heterocycles. The quantitative estimate of drug-likeness (QED) is 0.533. The summed E-state index contributed by atoms with van der Waals surface area (Å²) in [5.74, 6) is 0.686. The number of hydrogen-bond donors (Lipinski definition) is 2. The second kappa shape index (κ2) is 10.1. The molecule has 0 aliphatic carbocycles. The third-order valence-corrected chi connectivity index (χ3v) is 6.35. The largest absolute Gasteiger partial charge is 0.492 e. The molecule has 0 bridgehead atoms. The molecule has 0 unspecified atom stereocenters. The number of anilines is 1. The molecule has 2 N–H and O–H groups in total. The van der Waals surface area contributed by atoms with E-state index in [9.17, 15) is 15.2 Å². The van der Waals surface area contributed by atoms with Crippen LogP contribution in [0.2, 0.25) is 0 Å². The Hall–Kier alpha value is -3.77. The van der Waals surface area contributed by atoms with Gasteiger partial charge in [0.15, 0.2) is 0 Å². The van der Waals surface area contributed by atoms with Gasteiger partial charge in [-0.05, 0) is 64.3 Å². The summed E-state index contributed by atoms with van der Waals surface area (Å²) in [5.41, 5.74) is 2.84. The van der Waals surface area contributed by atoms with Crippen molar-refractivity contribution in [2.75, 3.05) is 31.2 Å². The van der Waals surface area contributed by atoms with Crippen LogP contribution in [0.25, 0.3) is 16.6 Å². The van der Waals surface area contributed by atoms with Gasteiger partial charge < -0.3 is 24.8 Å². The average molecular weight is 492 g/mol. The molecule has 190 valence electrons. The van der Waals surface area contributed by atoms with E-state index in [4.69, 9.17) is 9.47 Å². The lowest BCUT2D eigenvalue weighted by atomic mass is 9.88.